The van der Waals surface area contributed by atoms with E-state index in [1.807, 2.05) is 0 Å². The van der Waals surface area contributed by atoms with Gasteiger partial charge in [0.1, 0.15) is 51.8 Å². The monoisotopic (exact) mass is 937 g/mol. The highest BCUT2D eigenvalue weighted by Gasteiger charge is 2.53. The van der Waals surface area contributed by atoms with Gasteiger partial charge in [-0.3, -0.25) is 23.1 Å². The number of aromatic nitrogens is 5. The van der Waals surface area contributed by atoms with Gasteiger partial charge in [-0.2, -0.15) is 45.3 Å². The van der Waals surface area contributed by atoms with Crippen molar-refractivity contribution >= 4 is 56.0 Å². The number of nitrogens with one attached hydrogen (secondary N) is 2. The van der Waals surface area contributed by atoms with Crippen molar-refractivity contribution in [2.45, 2.75) is 81.7 Å². The van der Waals surface area contributed by atoms with Crippen molar-refractivity contribution in [2.75, 3.05) is 17.2 Å². The number of hydrogen-bond acceptors (Lipinski definition) is 6. The number of anilines is 1. The second-order valence-electron chi connectivity index (χ2n) is 15.0. The summed E-state index contributed by atoms with van der Waals surface area (Å²) in [5.74, 6) is -3.17. The van der Waals surface area contributed by atoms with E-state index in [0.717, 1.165) is 19.1 Å². The molecular weight excluding hydrogens is 904 g/mol. The van der Waals surface area contributed by atoms with E-state index >= 15 is 8.78 Å². The molecule has 3 heterocycles. The van der Waals surface area contributed by atoms with Gasteiger partial charge in [0.25, 0.3) is 5.92 Å². The standard InChI is InChI=1S/C39H34ClF10N7O3S2/c1-19-16-37(43,44)34-29(19)33(39(48,49)50)53-56(34)17-28(58)52-27(14-20-12-21(41)15-22(42)13-20)31-24(7-6-23(51-31)10-11-36(2,3)61(4)59)25-8-9-26(40)30-32(25)57(18-38(45,46)47)54-35(30)55-62(5)60/h6-9,12-13,15,19,27H,14,16-18H2,1-5H3,(H,52,58)(H,54,55)/t19-,27?,61?,62?/m0/s1. The summed E-state index contributed by atoms with van der Waals surface area (Å²) < 4.78 is 171. The van der Waals surface area contributed by atoms with Crippen molar-refractivity contribution in [3.8, 4) is 23.0 Å². The number of benzene rings is 2. The molecule has 62 heavy (non-hydrogen) atoms. The van der Waals surface area contributed by atoms with Crippen LogP contribution in [-0.4, -0.2) is 62.3 Å². The maximum atomic E-state index is 15.3. The average molecular weight is 938 g/mol. The molecule has 6 rings (SSSR count). The molecular formula is C39H34ClF10N7O3S2. The predicted octanol–water partition coefficient (Wildman–Crippen LogP) is 8.72. The van der Waals surface area contributed by atoms with Crippen LogP contribution in [0.4, 0.5) is 49.7 Å². The maximum absolute atomic E-state index is 15.3. The smallest absolute Gasteiger partial charge is 0.346 e. The fraction of sp³-hybridized carbons (Fsp3) is 0.385. The average Bonchev–Trinajstić information content (AvgIpc) is 3.76. The van der Waals surface area contributed by atoms with Crippen LogP contribution in [0.2, 0.25) is 5.02 Å². The zero-order valence-electron chi connectivity index (χ0n) is 33.0. The lowest BCUT2D eigenvalue weighted by molar-refractivity contribution is -0.143. The molecule has 1 amide bonds. The Balaban J connectivity index is 1.60. The fourth-order valence-electron chi connectivity index (χ4n) is 7.11. The summed E-state index contributed by atoms with van der Waals surface area (Å²) in [7, 11) is -3.37. The third-order valence-electron chi connectivity index (χ3n) is 9.82. The summed E-state index contributed by atoms with van der Waals surface area (Å²) in [6.45, 7) is 1.38. The van der Waals surface area contributed by atoms with Crippen molar-refractivity contribution < 1.29 is 57.1 Å². The third kappa shape index (κ3) is 9.94. The zero-order chi connectivity index (χ0) is 45.9. The van der Waals surface area contributed by atoms with Gasteiger partial charge in [-0.25, -0.2) is 18.0 Å². The molecule has 3 unspecified atom stereocenters. The molecule has 5 aromatic rings. The lowest BCUT2D eigenvalue weighted by atomic mass is 9.93. The van der Waals surface area contributed by atoms with Gasteiger partial charge in [0.15, 0.2) is 11.5 Å². The first-order valence-electron chi connectivity index (χ1n) is 18.2. The molecule has 0 spiro atoms. The van der Waals surface area contributed by atoms with Crippen LogP contribution in [0.25, 0.3) is 22.0 Å². The molecule has 332 valence electrons. The molecule has 4 atom stereocenters. The van der Waals surface area contributed by atoms with E-state index in [2.05, 4.69) is 37.1 Å². The second kappa shape index (κ2) is 16.9. The summed E-state index contributed by atoms with van der Waals surface area (Å²) in [5, 5.41) is 9.63. The van der Waals surface area contributed by atoms with Gasteiger partial charge in [0, 0.05) is 52.5 Å². The lowest BCUT2D eigenvalue weighted by Gasteiger charge is -2.23. The summed E-state index contributed by atoms with van der Waals surface area (Å²) >= 11 is 6.52. The molecule has 2 N–H and O–H groups in total. The second-order valence-corrected chi connectivity index (χ2v) is 18.5. The molecule has 0 bridgehead atoms. The van der Waals surface area contributed by atoms with E-state index in [4.69, 9.17) is 11.6 Å². The Morgan fingerprint density at radius 1 is 0.984 bits per heavy atom. The normalized spacial score (nSPS) is 16.7. The predicted molar refractivity (Wildman–Crippen MR) is 212 cm³/mol. The van der Waals surface area contributed by atoms with E-state index in [0.29, 0.717) is 10.7 Å². The molecule has 10 nitrogen and oxygen atoms in total. The third-order valence-corrected chi connectivity index (χ3v) is 12.2. The van der Waals surface area contributed by atoms with Crippen molar-refractivity contribution in [1.29, 1.82) is 0 Å². The number of halogens is 11. The Morgan fingerprint density at radius 3 is 2.23 bits per heavy atom. The van der Waals surface area contributed by atoms with Crippen LogP contribution in [0.15, 0.2) is 42.5 Å². The summed E-state index contributed by atoms with van der Waals surface area (Å²) in [5.41, 5.74) is -4.38. The number of alkyl halides is 8. The Morgan fingerprint density at radius 2 is 1.63 bits per heavy atom. The molecule has 0 radical (unpaired) electrons. The van der Waals surface area contributed by atoms with Crippen LogP contribution in [-0.2, 0) is 58.2 Å². The van der Waals surface area contributed by atoms with Crippen molar-refractivity contribution in [1.82, 2.24) is 29.9 Å². The van der Waals surface area contributed by atoms with Gasteiger partial charge < -0.3 is 5.32 Å². The summed E-state index contributed by atoms with van der Waals surface area (Å²) in [6, 6.07) is 5.99. The van der Waals surface area contributed by atoms with Gasteiger partial charge in [0.05, 0.1) is 27.7 Å². The highest BCUT2D eigenvalue weighted by molar-refractivity contribution is 7.86. The first-order valence-corrected chi connectivity index (χ1v) is 21.7. The zero-order valence-corrected chi connectivity index (χ0v) is 35.3. The molecule has 0 fully saturated rings. The lowest BCUT2D eigenvalue weighted by Crippen LogP contribution is -2.35. The minimum absolute atomic E-state index is 0.0649. The largest absolute Gasteiger partial charge is 0.435 e. The highest BCUT2D eigenvalue weighted by Crippen LogP contribution is 2.52. The molecule has 23 heteroatoms. The van der Waals surface area contributed by atoms with Crippen LogP contribution in [0, 0.1) is 23.5 Å². The van der Waals surface area contributed by atoms with Gasteiger partial charge in [0.2, 0.25) is 5.91 Å². The minimum atomic E-state index is -5.17. The van der Waals surface area contributed by atoms with E-state index < -0.39 is 117 Å². The first kappa shape index (κ1) is 46.5. The molecule has 3 aromatic heterocycles. The molecule has 0 aliphatic heterocycles. The number of fused-ring (bicyclic) bond motifs is 2. The van der Waals surface area contributed by atoms with Crippen molar-refractivity contribution in [2.24, 2.45) is 0 Å². The Kier molecular flexibility index (Phi) is 12.7. The number of nitrogens with zero attached hydrogens (tertiary/aromatic N) is 5. The number of pyridine rings is 1. The van der Waals surface area contributed by atoms with E-state index in [-0.39, 0.29) is 54.5 Å². The Hall–Kier alpha value is -5.01. The van der Waals surface area contributed by atoms with E-state index in [9.17, 15) is 48.3 Å². The number of carbonyl (C=O) groups is 1. The molecule has 1 aliphatic carbocycles. The number of rotatable bonds is 11. The van der Waals surface area contributed by atoms with Gasteiger partial charge >= 0.3 is 12.4 Å². The fourth-order valence-corrected chi connectivity index (χ4v) is 7.96. The SMILES string of the molecule is C[C@H]1CC(F)(F)c2c1c(C(F)(F)F)nn2CC(=O)NC(Cc1cc(F)cc(F)c1)c1nc(C#CC(C)(C)S(C)=O)ccc1-c1ccc(Cl)c2c(NS(C)=O)nn(CC(F)(F)F)c12. The summed E-state index contributed by atoms with van der Waals surface area (Å²) in [4.78, 5) is 18.6. The number of carbonyl (C=O) groups excluding carboxylic acids is 1. The summed E-state index contributed by atoms with van der Waals surface area (Å²) in [6.07, 6.45) is -9.01. The van der Waals surface area contributed by atoms with Crippen LogP contribution in [0.5, 0.6) is 0 Å². The Bertz CT molecular complexity index is 2680. The van der Waals surface area contributed by atoms with Crippen LogP contribution in [0.3, 0.4) is 0 Å². The number of hydrogen-bond donors (Lipinski definition) is 2. The molecule has 0 saturated carbocycles. The van der Waals surface area contributed by atoms with Crippen molar-refractivity contribution in [3.05, 3.63) is 93.0 Å². The van der Waals surface area contributed by atoms with Gasteiger partial charge in [-0.05, 0) is 68.0 Å². The highest BCUT2D eigenvalue weighted by atomic mass is 35.5. The van der Waals surface area contributed by atoms with Crippen LogP contribution in [0.1, 0.15) is 73.1 Å². The topological polar surface area (TPSA) is 124 Å². The van der Waals surface area contributed by atoms with E-state index in [1.165, 1.54) is 36.8 Å². The quantitative estimate of drug-likeness (QED) is 0.101. The minimum Gasteiger partial charge on any atom is -0.346 e. The van der Waals surface area contributed by atoms with Crippen LogP contribution < -0.4 is 10.0 Å². The molecule has 1 aliphatic rings. The van der Waals surface area contributed by atoms with E-state index in [1.54, 1.807) is 13.8 Å². The number of amides is 1. The maximum Gasteiger partial charge on any atom is 0.435 e. The van der Waals surface area contributed by atoms with Gasteiger partial charge in [-0.1, -0.05) is 30.5 Å². The molecule has 0 saturated heterocycles. The molecule has 2 aromatic carbocycles. The Labute approximate surface area is 356 Å². The van der Waals surface area contributed by atoms with Crippen LogP contribution >= 0.6 is 11.6 Å². The first-order chi connectivity index (χ1) is 28.6. The van der Waals surface area contributed by atoms with Gasteiger partial charge in [-0.15, -0.1) is 0 Å². The van der Waals surface area contributed by atoms with Crippen molar-refractivity contribution in [3.63, 3.8) is 0 Å².